The first-order valence-corrected chi connectivity index (χ1v) is 4.96. The fourth-order valence-electron chi connectivity index (χ4n) is 1.26. The fourth-order valence-corrected chi connectivity index (χ4v) is 1.26. The minimum atomic E-state index is -4.43. The standard InChI is InChI=1S/C12H8F3NO2/c13-12(14,15)8-5-6-11(16-7-8)18-10-4-2-1-3-9(10)17/h1-7,17H. The van der Waals surface area contributed by atoms with Gasteiger partial charge < -0.3 is 9.84 Å². The second-order valence-electron chi connectivity index (χ2n) is 3.45. The maximum atomic E-state index is 12.3. The molecule has 0 spiro atoms. The van der Waals surface area contributed by atoms with Crippen molar-refractivity contribution in [3.05, 3.63) is 48.2 Å². The zero-order valence-corrected chi connectivity index (χ0v) is 8.98. The van der Waals surface area contributed by atoms with Crippen LogP contribution in [0.2, 0.25) is 0 Å². The number of ether oxygens (including phenoxy) is 1. The molecule has 0 fully saturated rings. The van der Waals surface area contributed by atoms with Crippen LogP contribution in [-0.4, -0.2) is 10.1 Å². The van der Waals surface area contributed by atoms with E-state index in [0.29, 0.717) is 6.20 Å². The van der Waals surface area contributed by atoms with Crippen LogP contribution in [0.4, 0.5) is 13.2 Å². The van der Waals surface area contributed by atoms with Gasteiger partial charge in [0.15, 0.2) is 11.5 Å². The summed E-state index contributed by atoms with van der Waals surface area (Å²) in [5.41, 5.74) is -0.855. The van der Waals surface area contributed by atoms with Crippen molar-refractivity contribution in [2.24, 2.45) is 0 Å². The number of hydrogen-bond donors (Lipinski definition) is 1. The lowest BCUT2D eigenvalue weighted by Gasteiger charge is -2.08. The van der Waals surface area contributed by atoms with Gasteiger partial charge in [-0.25, -0.2) is 4.98 Å². The van der Waals surface area contributed by atoms with Gasteiger partial charge in [-0.1, -0.05) is 12.1 Å². The van der Waals surface area contributed by atoms with Gasteiger partial charge in [0.05, 0.1) is 5.56 Å². The molecule has 0 aliphatic heterocycles. The zero-order chi connectivity index (χ0) is 13.2. The molecule has 18 heavy (non-hydrogen) atoms. The number of rotatable bonds is 2. The van der Waals surface area contributed by atoms with Gasteiger partial charge >= 0.3 is 6.18 Å². The summed E-state index contributed by atoms with van der Waals surface area (Å²) in [6.45, 7) is 0. The summed E-state index contributed by atoms with van der Waals surface area (Å²) in [4.78, 5) is 3.53. The van der Waals surface area contributed by atoms with Crippen molar-refractivity contribution in [3.63, 3.8) is 0 Å². The van der Waals surface area contributed by atoms with E-state index < -0.39 is 11.7 Å². The summed E-state index contributed by atoms with van der Waals surface area (Å²) < 4.78 is 42.0. The van der Waals surface area contributed by atoms with Crippen LogP contribution in [0.25, 0.3) is 0 Å². The highest BCUT2D eigenvalue weighted by Crippen LogP contribution is 2.32. The van der Waals surface area contributed by atoms with Crippen LogP contribution in [0.1, 0.15) is 5.56 Å². The van der Waals surface area contributed by atoms with Gasteiger partial charge in [-0.05, 0) is 18.2 Å². The third-order valence-electron chi connectivity index (χ3n) is 2.14. The molecule has 3 nitrogen and oxygen atoms in total. The van der Waals surface area contributed by atoms with Crippen LogP contribution < -0.4 is 4.74 Å². The van der Waals surface area contributed by atoms with Gasteiger partial charge in [-0.15, -0.1) is 0 Å². The Kier molecular flexibility index (Phi) is 3.10. The molecule has 0 radical (unpaired) electrons. The number of nitrogens with zero attached hydrogens (tertiary/aromatic N) is 1. The molecule has 0 saturated heterocycles. The summed E-state index contributed by atoms with van der Waals surface area (Å²) in [7, 11) is 0. The van der Waals surface area contributed by atoms with Crippen LogP contribution in [-0.2, 0) is 6.18 Å². The van der Waals surface area contributed by atoms with E-state index in [1.165, 1.54) is 12.1 Å². The first-order chi connectivity index (χ1) is 8.47. The highest BCUT2D eigenvalue weighted by Gasteiger charge is 2.30. The third-order valence-corrected chi connectivity index (χ3v) is 2.14. The average Bonchev–Trinajstić information content (AvgIpc) is 2.32. The maximum Gasteiger partial charge on any atom is 0.417 e. The van der Waals surface area contributed by atoms with Crippen molar-refractivity contribution in [1.82, 2.24) is 4.98 Å². The van der Waals surface area contributed by atoms with Crippen molar-refractivity contribution < 1.29 is 23.0 Å². The van der Waals surface area contributed by atoms with Crippen LogP contribution in [0.3, 0.4) is 0 Å². The number of phenolic OH excluding ortho intramolecular Hbond substituents is 1. The number of aromatic nitrogens is 1. The molecule has 6 heteroatoms. The lowest BCUT2D eigenvalue weighted by molar-refractivity contribution is -0.137. The second kappa shape index (κ2) is 4.56. The van der Waals surface area contributed by atoms with Crippen molar-refractivity contribution in [3.8, 4) is 17.4 Å². The predicted molar refractivity (Wildman–Crippen MR) is 57.4 cm³/mol. The number of aromatic hydroxyl groups is 1. The summed E-state index contributed by atoms with van der Waals surface area (Å²) in [5, 5.41) is 9.42. The maximum absolute atomic E-state index is 12.3. The molecule has 0 atom stereocenters. The predicted octanol–water partition coefficient (Wildman–Crippen LogP) is 3.60. The molecule has 0 unspecified atom stereocenters. The molecule has 0 amide bonds. The molecule has 2 aromatic rings. The van der Waals surface area contributed by atoms with Crippen molar-refractivity contribution >= 4 is 0 Å². The Hall–Kier alpha value is -2.24. The van der Waals surface area contributed by atoms with Crippen LogP contribution in [0.15, 0.2) is 42.6 Å². The Morgan fingerprint density at radius 1 is 1.06 bits per heavy atom. The normalized spacial score (nSPS) is 11.3. The monoisotopic (exact) mass is 255 g/mol. The van der Waals surface area contributed by atoms with Gasteiger partial charge in [-0.2, -0.15) is 13.2 Å². The summed E-state index contributed by atoms with van der Waals surface area (Å²) in [6.07, 6.45) is -3.75. The Labute approximate surface area is 100 Å². The zero-order valence-electron chi connectivity index (χ0n) is 8.98. The molecule has 0 aliphatic rings. The van der Waals surface area contributed by atoms with E-state index in [4.69, 9.17) is 4.74 Å². The molecule has 1 aromatic carbocycles. The lowest BCUT2D eigenvalue weighted by atomic mass is 10.3. The van der Waals surface area contributed by atoms with E-state index in [9.17, 15) is 18.3 Å². The highest BCUT2D eigenvalue weighted by atomic mass is 19.4. The van der Waals surface area contributed by atoms with Crippen LogP contribution in [0.5, 0.6) is 17.4 Å². The van der Waals surface area contributed by atoms with E-state index in [1.54, 1.807) is 12.1 Å². The molecule has 1 N–H and O–H groups in total. The number of halogens is 3. The summed E-state index contributed by atoms with van der Waals surface area (Å²) in [5.74, 6) is -0.00606. The van der Waals surface area contributed by atoms with Gasteiger partial charge in [0.1, 0.15) is 0 Å². The lowest BCUT2D eigenvalue weighted by Crippen LogP contribution is -2.05. The smallest absolute Gasteiger partial charge is 0.417 e. The van der Waals surface area contributed by atoms with Crippen molar-refractivity contribution in [2.45, 2.75) is 6.18 Å². The minimum Gasteiger partial charge on any atom is -0.504 e. The van der Waals surface area contributed by atoms with E-state index >= 15 is 0 Å². The molecule has 0 aliphatic carbocycles. The van der Waals surface area contributed by atoms with Gasteiger partial charge in [-0.3, -0.25) is 0 Å². The fraction of sp³-hybridized carbons (Fsp3) is 0.0833. The summed E-state index contributed by atoms with van der Waals surface area (Å²) in [6, 6.07) is 8.06. The Morgan fingerprint density at radius 3 is 2.33 bits per heavy atom. The molecule has 1 aromatic heterocycles. The van der Waals surface area contributed by atoms with Gasteiger partial charge in [0, 0.05) is 12.3 Å². The van der Waals surface area contributed by atoms with E-state index in [0.717, 1.165) is 12.1 Å². The quantitative estimate of drug-likeness (QED) is 0.891. The Bertz CT molecular complexity index is 538. The van der Waals surface area contributed by atoms with Crippen LogP contribution >= 0.6 is 0 Å². The number of pyridine rings is 1. The van der Waals surface area contributed by atoms with E-state index in [2.05, 4.69) is 4.98 Å². The van der Waals surface area contributed by atoms with Gasteiger partial charge in [0.25, 0.3) is 0 Å². The number of alkyl halides is 3. The number of para-hydroxylation sites is 2. The molecule has 2 rings (SSSR count). The Balaban J connectivity index is 2.19. The molecular formula is C12H8F3NO2. The van der Waals surface area contributed by atoms with E-state index in [-0.39, 0.29) is 17.4 Å². The Morgan fingerprint density at radius 2 is 1.78 bits per heavy atom. The highest BCUT2D eigenvalue weighted by molar-refractivity contribution is 5.40. The number of phenols is 1. The largest absolute Gasteiger partial charge is 0.504 e. The van der Waals surface area contributed by atoms with Crippen molar-refractivity contribution in [1.29, 1.82) is 0 Å². The SMILES string of the molecule is Oc1ccccc1Oc1ccc(C(F)(F)F)cn1. The average molecular weight is 255 g/mol. The topological polar surface area (TPSA) is 42.4 Å². The molecule has 0 bridgehead atoms. The third kappa shape index (κ3) is 2.71. The second-order valence-corrected chi connectivity index (χ2v) is 3.45. The first kappa shape index (κ1) is 12.2. The first-order valence-electron chi connectivity index (χ1n) is 4.96. The molecule has 94 valence electrons. The molecule has 1 heterocycles. The number of benzene rings is 1. The minimum absolute atomic E-state index is 0.0236. The van der Waals surface area contributed by atoms with Crippen LogP contribution in [0, 0.1) is 0 Å². The molecular weight excluding hydrogens is 247 g/mol. The number of hydrogen-bond acceptors (Lipinski definition) is 3. The van der Waals surface area contributed by atoms with E-state index in [1.807, 2.05) is 0 Å². The van der Waals surface area contributed by atoms with Crippen molar-refractivity contribution in [2.75, 3.05) is 0 Å². The summed E-state index contributed by atoms with van der Waals surface area (Å²) >= 11 is 0. The molecule has 0 saturated carbocycles. The van der Waals surface area contributed by atoms with Gasteiger partial charge in [0.2, 0.25) is 5.88 Å².